The molecule has 4 rings (SSSR count). The molecule has 0 amide bonds. The van der Waals surface area contributed by atoms with Gasteiger partial charge in [0.15, 0.2) is 0 Å². The van der Waals surface area contributed by atoms with Crippen LogP contribution in [0, 0.1) is 0 Å². The molecule has 0 aliphatic rings. The van der Waals surface area contributed by atoms with Gasteiger partial charge in [0.05, 0.1) is 36.7 Å². The summed E-state index contributed by atoms with van der Waals surface area (Å²) >= 11 is 0. The number of methoxy groups -OCH3 is 1. The summed E-state index contributed by atoms with van der Waals surface area (Å²) in [6, 6.07) is 10.9. The predicted octanol–water partition coefficient (Wildman–Crippen LogP) is 2.25. The van der Waals surface area contributed by atoms with Gasteiger partial charge in [0.2, 0.25) is 11.8 Å². The molecular formula is C24H28N6O4. The lowest BCUT2D eigenvalue weighted by Crippen LogP contribution is -2.32. The Morgan fingerprint density at radius 1 is 0.941 bits per heavy atom. The second-order valence-electron chi connectivity index (χ2n) is 8.32. The van der Waals surface area contributed by atoms with E-state index in [1.54, 1.807) is 13.2 Å². The molecule has 34 heavy (non-hydrogen) atoms. The van der Waals surface area contributed by atoms with Crippen LogP contribution in [0.25, 0.3) is 22.1 Å². The highest BCUT2D eigenvalue weighted by atomic mass is 16.5. The molecule has 0 aliphatic carbocycles. The molecule has 0 saturated heterocycles. The number of imidazole rings is 2. The average Bonchev–Trinajstić information content (AvgIpc) is 3.43. The molecule has 4 aromatic rings. The maximum atomic E-state index is 12.9. The van der Waals surface area contributed by atoms with E-state index in [1.165, 1.54) is 21.8 Å². The molecule has 0 spiro atoms. The van der Waals surface area contributed by atoms with Gasteiger partial charge in [0.25, 0.3) is 0 Å². The van der Waals surface area contributed by atoms with E-state index in [4.69, 9.17) is 9.47 Å². The molecule has 0 aliphatic heterocycles. The summed E-state index contributed by atoms with van der Waals surface area (Å²) in [5.74, 6) is 1.05. The van der Waals surface area contributed by atoms with Crippen LogP contribution >= 0.6 is 0 Å². The average molecular weight is 465 g/mol. The third-order valence-corrected chi connectivity index (χ3v) is 5.41. The topological polar surface area (TPSA) is 94.7 Å². The Bertz CT molecular complexity index is 1330. The van der Waals surface area contributed by atoms with Crippen LogP contribution in [0.4, 0.5) is 0 Å². The van der Waals surface area contributed by atoms with E-state index >= 15 is 0 Å². The molecule has 0 radical (unpaired) electrons. The first kappa shape index (κ1) is 23.4. The minimum absolute atomic E-state index is 0.0875. The van der Waals surface area contributed by atoms with E-state index < -0.39 is 0 Å². The summed E-state index contributed by atoms with van der Waals surface area (Å²) in [7, 11) is 7.12. The summed E-state index contributed by atoms with van der Waals surface area (Å²) in [6.45, 7) is 1.31. The van der Waals surface area contributed by atoms with E-state index in [9.17, 15) is 9.59 Å². The second-order valence-corrected chi connectivity index (χ2v) is 8.32. The molecular weight excluding hydrogens is 436 g/mol. The summed E-state index contributed by atoms with van der Waals surface area (Å²) in [6.07, 6.45) is 3.06. The number of rotatable bonds is 9. The van der Waals surface area contributed by atoms with Crippen molar-refractivity contribution < 1.29 is 19.1 Å². The smallest absolute Gasteiger partial charge is 0.246 e. The minimum Gasteiger partial charge on any atom is -0.497 e. The van der Waals surface area contributed by atoms with Gasteiger partial charge in [0, 0.05) is 12.6 Å². The van der Waals surface area contributed by atoms with Crippen LogP contribution in [-0.2, 0) is 0 Å². The van der Waals surface area contributed by atoms with Crippen LogP contribution in [0.15, 0.2) is 49.1 Å². The zero-order chi connectivity index (χ0) is 24.2. The normalized spacial score (nSPS) is 11.6. The lowest BCUT2D eigenvalue weighted by molar-refractivity contribution is 0.0855. The van der Waals surface area contributed by atoms with Crippen LogP contribution in [0.3, 0.4) is 0 Å². The first-order valence-electron chi connectivity index (χ1n) is 10.9. The van der Waals surface area contributed by atoms with Crippen molar-refractivity contribution in [2.75, 3.05) is 54.5 Å². The highest BCUT2D eigenvalue weighted by Gasteiger charge is 2.16. The quantitative estimate of drug-likeness (QED) is 0.372. The van der Waals surface area contributed by atoms with Crippen LogP contribution in [0.5, 0.6) is 11.5 Å². The van der Waals surface area contributed by atoms with Gasteiger partial charge >= 0.3 is 0 Å². The van der Waals surface area contributed by atoms with Crippen LogP contribution < -0.4 is 9.47 Å². The van der Waals surface area contributed by atoms with Gasteiger partial charge < -0.3 is 14.4 Å². The fourth-order valence-corrected chi connectivity index (χ4v) is 3.70. The van der Waals surface area contributed by atoms with Gasteiger partial charge in [-0.3, -0.25) is 23.6 Å². The largest absolute Gasteiger partial charge is 0.497 e. The maximum absolute atomic E-state index is 12.9. The van der Waals surface area contributed by atoms with Crippen molar-refractivity contribution in [1.29, 1.82) is 0 Å². The predicted molar refractivity (Wildman–Crippen MR) is 129 cm³/mol. The molecule has 10 heteroatoms. The lowest BCUT2D eigenvalue weighted by atomic mass is 10.3. The highest BCUT2D eigenvalue weighted by molar-refractivity contribution is 5.94. The van der Waals surface area contributed by atoms with Gasteiger partial charge in [-0.1, -0.05) is 6.07 Å². The fourth-order valence-electron chi connectivity index (χ4n) is 3.70. The first-order chi connectivity index (χ1) is 16.4. The van der Waals surface area contributed by atoms with Crippen molar-refractivity contribution in [3.8, 4) is 11.5 Å². The minimum atomic E-state index is -0.104. The number of hydrogen-bond acceptors (Lipinski definition) is 8. The second kappa shape index (κ2) is 10.0. The monoisotopic (exact) mass is 464 g/mol. The molecule has 2 heterocycles. The van der Waals surface area contributed by atoms with Crippen LogP contribution in [0.2, 0.25) is 0 Å². The summed E-state index contributed by atoms with van der Waals surface area (Å²) in [5.41, 5.74) is 2.77. The zero-order valence-corrected chi connectivity index (χ0v) is 19.8. The summed E-state index contributed by atoms with van der Waals surface area (Å²) in [5, 5.41) is 0. The standard InChI is InChI=1S/C24H28N6O4/c1-27(2)13-22(31)30-16-26-19-6-5-7-21(24(19)30)34-11-10-28(3)14-23(32)29-15-25-18-9-8-17(33-4)12-20(18)29/h5-9,12,15-16H,10-11,13-14H2,1-4H3. The Hall–Kier alpha value is -3.76. The molecule has 0 saturated carbocycles. The number of nitrogens with zero attached hydrogens (tertiary/aromatic N) is 6. The molecule has 0 atom stereocenters. The Balaban J connectivity index is 1.40. The van der Waals surface area contributed by atoms with E-state index in [-0.39, 0.29) is 24.9 Å². The van der Waals surface area contributed by atoms with Crippen molar-refractivity contribution in [2.45, 2.75) is 0 Å². The molecule has 2 aromatic carbocycles. The number of ether oxygens (including phenoxy) is 2. The van der Waals surface area contributed by atoms with Gasteiger partial charge in [-0.25, -0.2) is 9.97 Å². The molecule has 0 fully saturated rings. The number of hydrogen-bond donors (Lipinski definition) is 0. The van der Waals surface area contributed by atoms with Crippen molar-refractivity contribution in [3.63, 3.8) is 0 Å². The Morgan fingerprint density at radius 3 is 2.44 bits per heavy atom. The SMILES string of the molecule is COc1ccc2ncn(C(=O)CN(C)CCOc3cccc4ncn(C(=O)CN(C)C)c34)c2c1. The van der Waals surface area contributed by atoms with Crippen LogP contribution in [-0.4, -0.2) is 95.2 Å². The summed E-state index contributed by atoms with van der Waals surface area (Å²) in [4.78, 5) is 37.8. The van der Waals surface area contributed by atoms with Gasteiger partial charge in [0.1, 0.15) is 36.3 Å². The molecule has 2 aromatic heterocycles. The van der Waals surface area contributed by atoms with Crippen molar-refractivity contribution in [2.24, 2.45) is 0 Å². The third kappa shape index (κ3) is 4.92. The maximum Gasteiger partial charge on any atom is 0.246 e. The van der Waals surface area contributed by atoms with Crippen molar-refractivity contribution >= 4 is 33.9 Å². The lowest BCUT2D eigenvalue weighted by Gasteiger charge is -2.17. The Kier molecular flexibility index (Phi) is 6.90. The zero-order valence-electron chi connectivity index (χ0n) is 19.8. The molecule has 178 valence electrons. The Labute approximate surface area is 197 Å². The van der Waals surface area contributed by atoms with E-state index in [0.29, 0.717) is 41.2 Å². The van der Waals surface area contributed by atoms with E-state index in [0.717, 1.165) is 5.52 Å². The van der Waals surface area contributed by atoms with Crippen molar-refractivity contribution in [3.05, 3.63) is 49.1 Å². The summed E-state index contributed by atoms with van der Waals surface area (Å²) < 4.78 is 14.3. The number of benzene rings is 2. The number of aromatic nitrogens is 4. The van der Waals surface area contributed by atoms with E-state index in [1.807, 2.05) is 61.3 Å². The van der Waals surface area contributed by atoms with Gasteiger partial charge in [-0.05, 0) is 45.4 Å². The van der Waals surface area contributed by atoms with Crippen LogP contribution in [0.1, 0.15) is 9.59 Å². The van der Waals surface area contributed by atoms with Crippen molar-refractivity contribution in [1.82, 2.24) is 28.9 Å². The molecule has 0 bridgehead atoms. The number of para-hydroxylation sites is 1. The first-order valence-corrected chi connectivity index (χ1v) is 10.9. The number of carbonyl (C=O) groups is 2. The van der Waals surface area contributed by atoms with Gasteiger partial charge in [-0.2, -0.15) is 0 Å². The third-order valence-electron chi connectivity index (χ3n) is 5.41. The molecule has 0 unspecified atom stereocenters. The van der Waals surface area contributed by atoms with E-state index in [2.05, 4.69) is 9.97 Å². The molecule has 10 nitrogen and oxygen atoms in total. The fraction of sp³-hybridized carbons (Fsp3) is 0.333. The van der Waals surface area contributed by atoms with Gasteiger partial charge in [-0.15, -0.1) is 0 Å². The number of fused-ring (bicyclic) bond motifs is 2. The highest BCUT2D eigenvalue weighted by Crippen LogP contribution is 2.25. The molecule has 0 N–H and O–H groups in total. The number of carbonyl (C=O) groups excluding carboxylic acids is 2. The Morgan fingerprint density at radius 2 is 1.68 bits per heavy atom. The number of likely N-dealkylation sites (N-methyl/N-ethyl adjacent to an activating group) is 2.